The smallest absolute Gasteiger partial charge is 0.219 e. The average molecular weight is 666 g/mol. The van der Waals surface area contributed by atoms with Crippen LogP contribution in [0.1, 0.15) is 36.1 Å². The van der Waals surface area contributed by atoms with Crippen molar-refractivity contribution in [1.29, 1.82) is 10.5 Å². The minimum Gasteiger partial charge on any atom is -0.472 e. The second-order valence-electron chi connectivity index (χ2n) is 11.6. The van der Waals surface area contributed by atoms with Crippen molar-refractivity contribution in [1.82, 2.24) is 9.80 Å². The van der Waals surface area contributed by atoms with Gasteiger partial charge in [-0.05, 0) is 124 Å². The third kappa shape index (κ3) is 8.32. The molecule has 5 aromatic rings. The van der Waals surface area contributed by atoms with Crippen molar-refractivity contribution in [3.63, 3.8) is 0 Å². The van der Waals surface area contributed by atoms with Crippen LogP contribution in [-0.2, 0) is 12.8 Å². The summed E-state index contributed by atoms with van der Waals surface area (Å²) in [5.41, 5.74) is 5.60. The SMILES string of the molecule is CCc1c(OC(C#N)=CNc2ccccc2)cc(C)c2sccc12.CCc1c(OC(C#N)C(N(C)C)N(C)C)cc(C)c2sccc12. The molecule has 0 aliphatic heterocycles. The van der Waals surface area contributed by atoms with E-state index in [0.717, 1.165) is 35.6 Å². The number of ether oxygens (including phenoxy) is 2. The van der Waals surface area contributed by atoms with Gasteiger partial charge in [-0.1, -0.05) is 32.0 Å². The van der Waals surface area contributed by atoms with Crippen LogP contribution in [0.25, 0.3) is 20.2 Å². The fraction of sp³-hybridized carbons (Fsp3) is 0.316. The molecular weight excluding hydrogens is 623 g/mol. The van der Waals surface area contributed by atoms with Gasteiger partial charge in [0.1, 0.15) is 29.8 Å². The lowest BCUT2D eigenvalue weighted by Crippen LogP contribution is -2.50. The van der Waals surface area contributed by atoms with Crippen molar-refractivity contribution < 1.29 is 9.47 Å². The number of nitrogens with one attached hydrogen (secondary N) is 1. The normalized spacial score (nSPS) is 12.1. The fourth-order valence-corrected chi connectivity index (χ4v) is 7.58. The maximum Gasteiger partial charge on any atom is 0.219 e. The van der Waals surface area contributed by atoms with Gasteiger partial charge in [0.15, 0.2) is 0 Å². The molecule has 9 heteroatoms. The molecule has 1 unspecified atom stereocenters. The highest BCUT2D eigenvalue weighted by atomic mass is 32.1. The van der Waals surface area contributed by atoms with Crippen LogP contribution >= 0.6 is 22.7 Å². The van der Waals surface area contributed by atoms with Gasteiger partial charge in [0.05, 0.1) is 6.20 Å². The summed E-state index contributed by atoms with van der Waals surface area (Å²) >= 11 is 3.49. The molecule has 1 N–H and O–H groups in total. The van der Waals surface area contributed by atoms with Crippen LogP contribution in [0.15, 0.2) is 77.3 Å². The van der Waals surface area contributed by atoms with Crippen molar-refractivity contribution in [2.45, 2.75) is 52.8 Å². The van der Waals surface area contributed by atoms with Crippen molar-refractivity contribution in [2.24, 2.45) is 0 Å². The lowest BCUT2D eigenvalue weighted by molar-refractivity contribution is 0.0404. The summed E-state index contributed by atoms with van der Waals surface area (Å²) in [7, 11) is 7.86. The number of allylic oxidation sites excluding steroid dienone is 1. The number of nitrogens with zero attached hydrogens (tertiary/aromatic N) is 4. The minimum absolute atomic E-state index is 0.108. The van der Waals surface area contributed by atoms with Gasteiger partial charge in [0.25, 0.3) is 0 Å². The van der Waals surface area contributed by atoms with Gasteiger partial charge in [-0.25, -0.2) is 0 Å². The van der Waals surface area contributed by atoms with Crippen LogP contribution < -0.4 is 14.8 Å². The summed E-state index contributed by atoms with van der Waals surface area (Å²) in [6, 6.07) is 22.5. The number of aryl methyl sites for hydroxylation is 4. The molecule has 47 heavy (non-hydrogen) atoms. The van der Waals surface area contributed by atoms with Gasteiger partial charge in [0.2, 0.25) is 11.9 Å². The molecule has 244 valence electrons. The Bertz CT molecular complexity index is 1900. The first-order valence-electron chi connectivity index (χ1n) is 15.6. The number of fused-ring (bicyclic) bond motifs is 2. The Hall–Kier alpha value is -4.38. The van der Waals surface area contributed by atoms with Crippen LogP contribution in [0, 0.1) is 36.5 Å². The zero-order valence-electron chi connectivity index (χ0n) is 28.4. The monoisotopic (exact) mass is 665 g/mol. The van der Waals surface area contributed by atoms with Crippen LogP contribution in [-0.4, -0.2) is 50.3 Å². The molecule has 0 saturated carbocycles. The summed E-state index contributed by atoms with van der Waals surface area (Å²) in [6.45, 7) is 8.41. The minimum atomic E-state index is -0.555. The fourth-order valence-electron chi connectivity index (χ4n) is 5.77. The predicted molar refractivity (Wildman–Crippen MR) is 197 cm³/mol. The molecule has 7 nitrogen and oxygen atoms in total. The highest BCUT2D eigenvalue weighted by Crippen LogP contribution is 2.37. The summed E-state index contributed by atoms with van der Waals surface area (Å²) < 4.78 is 14.7. The zero-order valence-corrected chi connectivity index (χ0v) is 30.1. The van der Waals surface area contributed by atoms with E-state index in [9.17, 15) is 10.5 Å². The molecule has 0 aliphatic rings. The van der Waals surface area contributed by atoms with E-state index in [1.807, 2.05) is 74.4 Å². The third-order valence-corrected chi connectivity index (χ3v) is 9.98. The number of hydrogen-bond donors (Lipinski definition) is 1. The van der Waals surface area contributed by atoms with E-state index in [2.05, 4.69) is 74.1 Å². The lowest BCUT2D eigenvalue weighted by Gasteiger charge is -2.34. The van der Waals surface area contributed by atoms with E-state index >= 15 is 0 Å². The molecular formula is C38H43N5O2S2. The zero-order chi connectivity index (χ0) is 34.1. The van der Waals surface area contributed by atoms with Gasteiger partial charge in [-0.3, -0.25) is 9.80 Å². The van der Waals surface area contributed by atoms with Crippen LogP contribution in [0.2, 0.25) is 0 Å². The van der Waals surface area contributed by atoms with Crippen molar-refractivity contribution in [2.75, 3.05) is 33.5 Å². The van der Waals surface area contributed by atoms with E-state index in [-0.39, 0.29) is 11.9 Å². The number of hydrogen-bond acceptors (Lipinski definition) is 9. The Morgan fingerprint density at radius 3 is 1.85 bits per heavy atom. The second kappa shape index (κ2) is 16.4. The molecule has 0 saturated heterocycles. The average Bonchev–Trinajstić information content (AvgIpc) is 3.75. The molecule has 5 rings (SSSR count). The Balaban J connectivity index is 0.000000213. The first-order valence-corrected chi connectivity index (χ1v) is 17.4. The molecule has 1 atom stereocenters. The molecule has 0 bridgehead atoms. The third-order valence-electron chi connectivity index (χ3n) is 7.88. The molecule has 0 fully saturated rings. The van der Waals surface area contributed by atoms with E-state index in [4.69, 9.17) is 9.47 Å². The number of thiophene rings is 2. The van der Waals surface area contributed by atoms with Gasteiger partial charge >= 0.3 is 0 Å². The largest absolute Gasteiger partial charge is 0.472 e. The summed E-state index contributed by atoms with van der Waals surface area (Å²) in [5.74, 6) is 1.82. The lowest BCUT2D eigenvalue weighted by atomic mass is 10.0. The molecule has 3 aromatic carbocycles. The number of nitriles is 2. The van der Waals surface area contributed by atoms with E-state index in [1.54, 1.807) is 28.9 Å². The Kier molecular flexibility index (Phi) is 12.4. The number of para-hydroxylation sites is 1. The van der Waals surface area contributed by atoms with Gasteiger partial charge in [-0.15, -0.1) is 22.7 Å². The Morgan fingerprint density at radius 1 is 0.830 bits per heavy atom. The van der Waals surface area contributed by atoms with Crippen molar-refractivity contribution in [3.8, 4) is 23.6 Å². The highest BCUT2D eigenvalue weighted by molar-refractivity contribution is 7.17. The van der Waals surface area contributed by atoms with Crippen LogP contribution in [0.4, 0.5) is 5.69 Å². The Labute approximate surface area is 286 Å². The summed E-state index contributed by atoms with van der Waals surface area (Å²) in [6.07, 6.45) is 2.68. The molecule has 0 radical (unpaired) electrons. The predicted octanol–water partition coefficient (Wildman–Crippen LogP) is 9.12. The molecule has 0 aliphatic carbocycles. The number of benzene rings is 3. The topological polar surface area (TPSA) is 84.5 Å². The van der Waals surface area contributed by atoms with Gasteiger partial charge in [0, 0.05) is 26.2 Å². The van der Waals surface area contributed by atoms with Crippen LogP contribution in [0.5, 0.6) is 11.5 Å². The Morgan fingerprint density at radius 2 is 1.36 bits per heavy atom. The first kappa shape index (κ1) is 35.5. The number of anilines is 1. The molecule has 2 aromatic heterocycles. The molecule has 0 spiro atoms. The summed E-state index contributed by atoms with van der Waals surface area (Å²) in [4.78, 5) is 4.02. The molecule has 2 heterocycles. The molecule has 0 amide bonds. The maximum atomic E-state index is 9.64. The summed E-state index contributed by atoms with van der Waals surface area (Å²) in [5, 5.41) is 28.8. The number of likely N-dealkylation sites (N-methyl/N-ethyl adjacent to an activating group) is 2. The van der Waals surface area contributed by atoms with E-state index in [1.165, 1.54) is 36.9 Å². The first-order chi connectivity index (χ1) is 22.6. The van der Waals surface area contributed by atoms with Gasteiger partial charge < -0.3 is 14.8 Å². The standard InChI is InChI=1S/C20H18N2OS.C18H25N3OS/c1-3-17-18-9-10-24-20(18)14(2)11-19(17)23-16(12-21)13-22-15-7-5-4-6-8-15;1-7-13-14-8-9-23-17(14)12(2)10-15(13)22-16(11-19)18(20(3)4)21(5)6/h4-11,13,22H,3H2,1-2H3;8-10,16,18H,7H2,1-6H3. The highest BCUT2D eigenvalue weighted by Gasteiger charge is 2.28. The second-order valence-corrected chi connectivity index (χ2v) is 13.4. The van der Waals surface area contributed by atoms with Crippen molar-refractivity contribution >= 4 is 48.5 Å². The van der Waals surface area contributed by atoms with Crippen LogP contribution in [0.3, 0.4) is 0 Å². The maximum absolute atomic E-state index is 9.64. The van der Waals surface area contributed by atoms with Gasteiger partial charge in [-0.2, -0.15) is 10.5 Å². The van der Waals surface area contributed by atoms with Crippen molar-refractivity contribution in [3.05, 3.63) is 99.6 Å². The quantitative estimate of drug-likeness (QED) is 0.0856. The van der Waals surface area contributed by atoms with E-state index in [0.29, 0.717) is 0 Å². The van der Waals surface area contributed by atoms with E-state index < -0.39 is 6.10 Å². The number of rotatable bonds is 11.